The first kappa shape index (κ1) is 9.71. The van der Waals surface area contributed by atoms with Crippen LogP contribution < -0.4 is 10.2 Å². The molecule has 0 aromatic heterocycles. The van der Waals surface area contributed by atoms with Crippen molar-refractivity contribution >= 4 is 11.6 Å². The van der Waals surface area contributed by atoms with Crippen LogP contribution in [-0.4, -0.2) is 18.2 Å². The lowest BCUT2D eigenvalue weighted by Gasteiger charge is -2.18. The van der Waals surface area contributed by atoms with Gasteiger partial charge >= 0.3 is 0 Å². The van der Waals surface area contributed by atoms with Crippen LogP contribution in [0.2, 0.25) is 0 Å². The van der Waals surface area contributed by atoms with E-state index in [0.717, 1.165) is 23.4 Å². The number of nitrogens with zero attached hydrogens (tertiary/aromatic N) is 1. The number of para-hydroxylation sites is 1. The molecule has 0 saturated heterocycles. The van der Waals surface area contributed by atoms with Crippen molar-refractivity contribution in [1.82, 2.24) is 5.43 Å². The third-order valence-electron chi connectivity index (χ3n) is 2.14. The molecule has 0 atom stereocenters. The number of carbonyl (C=O) groups excluding carboxylic acids is 1. The van der Waals surface area contributed by atoms with Crippen LogP contribution >= 0.6 is 0 Å². The van der Waals surface area contributed by atoms with E-state index >= 15 is 0 Å². The number of benzene rings is 1. The molecule has 1 N–H and O–H groups in total. The fourth-order valence-corrected chi connectivity index (χ4v) is 1.49. The zero-order valence-electron chi connectivity index (χ0n) is 8.49. The number of nitrogens with one attached hydrogen (secondary N) is 1. The van der Waals surface area contributed by atoms with Crippen LogP contribution in [0.4, 0.5) is 0 Å². The van der Waals surface area contributed by atoms with Gasteiger partial charge in [-0.1, -0.05) is 12.1 Å². The first-order valence-electron chi connectivity index (χ1n) is 4.83. The number of amides is 1. The molecule has 15 heavy (non-hydrogen) atoms. The van der Waals surface area contributed by atoms with Gasteiger partial charge in [0.25, 0.3) is 0 Å². The molecule has 78 valence electrons. The van der Waals surface area contributed by atoms with Crippen molar-refractivity contribution in [2.45, 2.75) is 13.3 Å². The van der Waals surface area contributed by atoms with E-state index in [1.807, 2.05) is 24.3 Å². The molecule has 0 saturated carbocycles. The van der Waals surface area contributed by atoms with Crippen molar-refractivity contribution in [3.8, 4) is 5.75 Å². The quantitative estimate of drug-likeness (QED) is 0.701. The van der Waals surface area contributed by atoms with Crippen LogP contribution in [0.25, 0.3) is 0 Å². The van der Waals surface area contributed by atoms with Gasteiger partial charge < -0.3 is 4.74 Å². The van der Waals surface area contributed by atoms with Gasteiger partial charge in [0.2, 0.25) is 5.91 Å². The summed E-state index contributed by atoms with van der Waals surface area (Å²) in [6.07, 6.45) is 0.720. The highest BCUT2D eigenvalue weighted by Crippen LogP contribution is 2.23. The lowest BCUT2D eigenvalue weighted by atomic mass is 10.0. The largest absolute Gasteiger partial charge is 0.492 e. The second-order valence-corrected chi connectivity index (χ2v) is 3.32. The van der Waals surface area contributed by atoms with E-state index in [-0.39, 0.29) is 5.91 Å². The summed E-state index contributed by atoms with van der Waals surface area (Å²) in [7, 11) is 0. The van der Waals surface area contributed by atoms with Gasteiger partial charge in [0.15, 0.2) is 0 Å². The topological polar surface area (TPSA) is 50.7 Å². The molecule has 0 fully saturated rings. The molecule has 0 unspecified atom stereocenters. The molecule has 4 heteroatoms. The van der Waals surface area contributed by atoms with Gasteiger partial charge in [-0.2, -0.15) is 5.10 Å². The van der Waals surface area contributed by atoms with Crippen LogP contribution in [0, 0.1) is 0 Å². The molecular weight excluding hydrogens is 192 g/mol. The smallest absolute Gasteiger partial charge is 0.236 e. The molecule has 1 aromatic rings. The van der Waals surface area contributed by atoms with Gasteiger partial charge in [-0.05, 0) is 12.1 Å². The maximum Gasteiger partial charge on any atom is 0.236 e. The minimum absolute atomic E-state index is 0.161. The Kier molecular flexibility index (Phi) is 2.67. The molecule has 0 aliphatic carbocycles. The average molecular weight is 204 g/mol. The summed E-state index contributed by atoms with van der Waals surface area (Å²) in [4.78, 5) is 10.7. The van der Waals surface area contributed by atoms with Crippen molar-refractivity contribution in [1.29, 1.82) is 0 Å². The van der Waals surface area contributed by atoms with Gasteiger partial charge in [-0.3, -0.25) is 4.79 Å². The van der Waals surface area contributed by atoms with E-state index in [1.165, 1.54) is 6.92 Å². The summed E-state index contributed by atoms with van der Waals surface area (Å²) in [5, 5.41) is 4.06. The van der Waals surface area contributed by atoms with Crippen molar-refractivity contribution in [2.75, 3.05) is 6.61 Å². The van der Waals surface area contributed by atoms with E-state index in [4.69, 9.17) is 4.74 Å². The lowest BCUT2D eigenvalue weighted by molar-refractivity contribution is -0.118. The Morgan fingerprint density at radius 2 is 2.27 bits per heavy atom. The average Bonchev–Trinajstić information content (AvgIpc) is 2.26. The van der Waals surface area contributed by atoms with Gasteiger partial charge in [0.1, 0.15) is 5.75 Å². The fraction of sp³-hybridized carbons (Fsp3) is 0.273. The first-order chi connectivity index (χ1) is 7.27. The number of fused-ring (bicyclic) bond motifs is 1. The molecule has 4 nitrogen and oxygen atoms in total. The zero-order valence-corrected chi connectivity index (χ0v) is 8.49. The summed E-state index contributed by atoms with van der Waals surface area (Å²) in [6.45, 7) is 2.05. The maximum atomic E-state index is 10.7. The predicted molar refractivity (Wildman–Crippen MR) is 56.9 cm³/mol. The minimum atomic E-state index is -0.161. The monoisotopic (exact) mass is 204 g/mol. The third kappa shape index (κ3) is 2.15. The van der Waals surface area contributed by atoms with E-state index in [1.54, 1.807) is 0 Å². The third-order valence-corrected chi connectivity index (χ3v) is 2.14. The van der Waals surface area contributed by atoms with Crippen molar-refractivity contribution < 1.29 is 9.53 Å². The second kappa shape index (κ2) is 4.13. The first-order valence-corrected chi connectivity index (χ1v) is 4.83. The van der Waals surface area contributed by atoms with E-state index in [0.29, 0.717) is 6.61 Å². The normalized spacial score (nSPS) is 16.7. The van der Waals surface area contributed by atoms with Crippen LogP contribution in [-0.2, 0) is 4.79 Å². The maximum absolute atomic E-state index is 10.7. The summed E-state index contributed by atoms with van der Waals surface area (Å²) in [5.74, 6) is 0.666. The number of rotatable bonds is 1. The van der Waals surface area contributed by atoms with Crippen molar-refractivity contribution in [3.05, 3.63) is 29.8 Å². The number of carbonyl (C=O) groups is 1. The van der Waals surface area contributed by atoms with E-state index in [2.05, 4.69) is 10.5 Å². The summed E-state index contributed by atoms with van der Waals surface area (Å²) >= 11 is 0. The van der Waals surface area contributed by atoms with Crippen LogP contribution in [0.5, 0.6) is 5.75 Å². The number of hydrogen-bond donors (Lipinski definition) is 1. The highest BCUT2D eigenvalue weighted by Gasteiger charge is 2.15. The molecule has 1 aliphatic heterocycles. The predicted octanol–water partition coefficient (Wildman–Crippen LogP) is 1.31. The molecule has 1 aliphatic rings. The number of hydrazone groups is 1. The minimum Gasteiger partial charge on any atom is -0.492 e. The Morgan fingerprint density at radius 3 is 3.07 bits per heavy atom. The summed E-state index contributed by atoms with van der Waals surface area (Å²) in [6, 6.07) is 7.68. The van der Waals surface area contributed by atoms with E-state index < -0.39 is 0 Å². The van der Waals surface area contributed by atoms with Gasteiger partial charge in [-0.15, -0.1) is 0 Å². The SMILES string of the molecule is CC(=O)NN=C1CCOc2ccccc21. The molecule has 1 amide bonds. The molecule has 1 aromatic carbocycles. The van der Waals surface area contributed by atoms with Crippen LogP contribution in [0.15, 0.2) is 29.4 Å². The van der Waals surface area contributed by atoms with E-state index in [9.17, 15) is 4.79 Å². The Balaban J connectivity index is 2.29. The van der Waals surface area contributed by atoms with Crippen LogP contribution in [0.1, 0.15) is 18.9 Å². The Bertz CT molecular complexity index is 413. The molecule has 2 rings (SSSR count). The highest BCUT2D eigenvalue weighted by atomic mass is 16.5. The van der Waals surface area contributed by atoms with Gasteiger partial charge in [-0.25, -0.2) is 5.43 Å². The van der Waals surface area contributed by atoms with Gasteiger partial charge in [0, 0.05) is 18.9 Å². The van der Waals surface area contributed by atoms with Crippen molar-refractivity contribution in [3.63, 3.8) is 0 Å². The Labute approximate surface area is 87.9 Å². The molecule has 1 heterocycles. The standard InChI is InChI=1S/C11H12N2O2/c1-8(14)12-13-10-6-7-15-11-5-3-2-4-9(10)11/h2-5H,6-7H2,1H3,(H,12,14). The Hall–Kier alpha value is -1.84. The zero-order chi connectivity index (χ0) is 10.7. The molecular formula is C11H12N2O2. The van der Waals surface area contributed by atoms with Crippen molar-refractivity contribution in [2.24, 2.45) is 5.10 Å². The summed E-state index contributed by atoms with van der Waals surface area (Å²) in [5.41, 5.74) is 4.27. The highest BCUT2D eigenvalue weighted by molar-refractivity contribution is 6.04. The number of ether oxygens (including phenoxy) is 1. The van der Waals surface area contributed by atoms with Crippen LogP contribution in [0.3, 0.4) is 0 Å². The summed E-state index contributed by atoms with van der Waals surface area (Å²) < 4.78 is 5.47. The molecule has 0 spiro atoms. The number of hydrogen-bond acceptors (Lipinski definition) is 3. The Morgan fingerprint density at radius 1 is 1.47 bits per heavy atom. The van der Waals surface area contributed by atoms with Gasteiger partial charge in [0.05, 0.1) is 12.3 Å². The second-order valence-electron chi connectivity index (χ2n) is 3.32. The lowest BCUT2D eigenvalue weighted by Crippen LogP contribution is -2.21. The molecule has 0 radical (unpaired) electrons. The molecule has 0 bridgehead atoms. The fourth-order valence-electron chi connectivity index (χ4n) is 1.49.